The number of benzene rings is 1. The Morgan fingerprint density at radius 2 is 2.06 bits per heavy atom. The third-order valence-electron chi connectivity index (χ3n) is 3.65. The van der Waals surface area contributed by atoms with Gasteiger partial charge in [-0.2, -0.15) is 0 Å². The van der Waals surface area contributed by atoms with Crippen molar-refractivity contribution in [3.8, 4) is 0 Å². The molecule has 1 aliphatic rings. The van der Waals surface area contributed by atoms with Crippen LogP contribution in [0.1, 0.15) is 36.0 Å². The number of rotatable bonds is 3. The summed E-state index contributed by atoms with van der Waals surface area (Å²) in [6.45, 7) is 0. The lowest BCUT2D eigenvalue weighted by Crippen LogP contribution is -2.16. The molecule has 0 saturated heterocycles. The lowest BCUT2D eigenvalue weighted by atomic mass is 9.80. The molecule has 0 aliphatic heterocycles. The van der Waals surface area contributed by atoms with E-state index in [0.29, 0.717) is 12.3 Å². The molecule has 1 saturated carbocycles. The first kappa shape index (κ1) is 10.5. The topological polar surface area (TPSA) is 30.0 Å². The monoisotopic (exact) mass is 225 g/mol. The van der Waals surface area contributed by atoms with Gasteiger partial charge < -0.3 is 0 Å². The maximum absolute atomic E-state index is 12.2. The summed E-state index contributed by atoms with van der Waals surface area (Å²) in [5.74, 6) is 0.891. The third kappa shape index (κ3) is 1.95. The molecular weight excluding hydrogens is 210 g/mol. The molecule has 1 fully saturated rings. The minimum atomic E-state index is 0.272. The van der Waals surface area contributed by atoms with E-state index in [4.69, 9.17) is 0 Å². The number of hydrogen-bond donors (Lipinski definition) is 0. The minimum Gasteiger partial charge on any atom is -0.294 e. The van der Waals surface area contributed by atoms with Crippen LogP contribution in [0.3, 0.4) is 0 Å². The highest BCUT2D eigenvalue weighted by molar-refractivity contribution is 6.07. The van der Waals surface area contributed by atoms with Gasteiger partial charge in [0.05, 0.1) is 5.52 Å². The maximum atomic E-state index is 12.2. The fraction of sp³-hybridized carbons (Fsp3) is 0.333. The fourth-order valence-corrected chi connectivity index (χ4v) is 2.41. The number of nitrogens with zero attached hydrogens (tertiary/aromatic N) is 1. The van der Waals surface area contributed by atoms with E-state index in [1.807, 2.05) is 30.3 Å². The first-order valence-electron chi connectivity index (χ1n) is 6.21. The molecule has 0 unspecified atom stereocenters. The van der Waals surface area contributed by atoms with Gasteiger partial charge in [0.1, 0.15) is 0 Å². The summed E-state index contributed by atoms with van der Waals surface area (Å²) in [6.07, 6.45) is 6.16. The van der Waals surface area contributed by atoms with Crippen LogP contribution in [-0.2, 0) is 0 Å². The molecule has 0 bridgehead atoms. The summed E-state index contributed by atoms with van der Waals surface area (Å²) in [5, 5.41) is 0.985. The van der Waals surface area contributed by atoms with Crippen molar-refractivity contribution in [2.75, 3.05) is 0 Å². The van der Waals surface area contributed by atoms with Crippen LogP contribution in [0.25, 0.3) is 10.9 Å². The molecule has 0 amide bonds. The van der Waals surface area contributed by atoms with Crippen molar-refractivity contribution in [3.05, 3.63) is 42.1 Å². The zero-order valence-corrected chi connectivity index (χ0v) is 9.73. The van der Waals surface area contributed by atoms with Gasteiger partial charge in [-0.3, -0.25) is 9.78 Å². The van der Waals surface area contributed by atoms with Crippen molar-refractivity contribution in [1.29, 1.82) is 0 Å². The smallest absolute Gasteiger partial charge is 0.163 e. The largest absolute Gasteiger partial charge is 0.294 e. The molecule has 2 nitrogen and oxygen atoms in total. The summed E-state index contributed by atoms with van der Waals surface area (Å²) >= 11 is 0. The predicted octanol–water partition coefficient (Wildman–Crippen LogP) is 3.61. The molecule has 2 aromatic rings. The van der Waals surface area contributed by atoms with Crippen molar-refractivity contribution < 1.29 is 4.79 Å². The number of hydrogen-bond acceptors (Lipinski definition) is 2. The highest BCUT2D eigenvalue weighted by Gasteiger charge is 2.22. The third-order valence-corrected chi connectivity index (χ3v) is 3.65. The molecule has 0 spiro atoms. The SMILES string of the molecule is O=C(CC1CCC1)c1ccnc2ccccc12. The Morgan fingerprint density at radius 3 is 2.82 bits per heavy atom. The number of para-hydroxylation sites is 1. The van der Waals surface area contributed by atoms with Gasteiger partial charge in [0.15, 0.2) is 5.78 Å². The molecule has 1 aliphatic carbocycles. The van der Waals surface area contributed by atoms with E-state index >= 15 is 0 Å². The molecular formula is C15H15NO. The molecule has 86 valence electrons. The normalized spacial score (nSPS) is 15.8. The van der Waals surface area contributed by atoms with Gasteiger partial charge >= 0.3 is 0 Å². The Labute approximate surface area is 101 Å². The maximum Gasteiger partial charge on any atom is 0.163 e. The van der Waals surface area contributed by atoms with E-state index in [0.717, 1.165) is 16.5 Å². The average Bonchev–Trinajstić information content (AvgIpc) is 2.33. The zero-order chi connectivity index (χ0) is 11.7. The summed E-state index contributed by atoms with van der Waals surface area (Å²) in [7, 11) is 0. The first-order chi connectivity index (χ1) is 8.34. The second kappa shape index (κ2) is 4.28. The van der Waals surface area contributed by atoms with Crippen LogP contribution in [-0.4, -0.2) is 10.8 Å². The van der Waals surface area contributed by atoms with Crippen molar-refractivity contribution in [3.63, 3.8) is 0 Å². The number of pyridine rings is 1. The molecule has 0 radical (unpaired) electrons. The molecule has 0 atom stereocenters. The van der Waals surface area contributed by atoms with Gasteiger partial charge in [-0.15, -0.1) is 0 Å². The molecule has 3 rings (SSSR count). The Kier molecular flexibility index (Phi) is 2.63. The van der Waals surface area contributed by atoms with Crippen LogP contribution in [0.15, 0.2) is 36.5 Å². The van der Waals surface area contributed by atoms with E-state index < -0.39 is 0 Å². The highest BCUT2D eigenvalue weighted by atomic mass is 16.1. The molecule has 1 aromatic carbocycles. The van der Waals surface area contributed by atoms with Crippen molar-refractivity contribution in [2.24, 2.45) is 5.92 Å². The van der Waals surface area contributed by atoms with E-state index in [2.05, 4.69) is 4.98 Å². The molecule has 2 heteroatoms. The van der Waals surface area contributed by atoms with Gasteiger partial charge in [0, 0.05) is 23.6 Å². The van der Waals surface area contributed by atoms with Crippen LogP contribution < -0.4 is 0 Å². The molecule has 1 heterocycles. The molecule has 1 aromatic heterocycles. The first-order valence-corrected chi connectivity index (χ1v) is 6.21. The quantitative estimate of drug-likeness (QED) is 0.747. The number of aromatic nitrogens is 1. The molecule has 0 N–H and O–H groups in total. The lowest BCUT2D eigenvalue weighted by molar-refractivity contribution is 0.0938. The van der Waals surface area contributed by atoms with Crippen molar-refractivity contribution in [1.82, 2.24) is 4.98 Å². The second-order valence-corrected chi connectivity index (χ2v) is 4.80. The number of fused-ring (bicyclic) bond motifs is 1. The number of ketones is 1. The Morgan fingerprint density at radius 1 is 1.24 bits per heavy atom. The summed E-state index contributed by atoms with van der Waals surface area (Å²) in [4.78, 5) is 16.5. The van der Waals surface area contributed by atoms with E-state index in [-0.39, 0.29) is 5.78 Å². The summed E-state index contributed by atoms with van der Waals surface area (Å²) in [6, 6.07) is 9.70. The van der Waals surface area contributed by atoms with Gasteiger partial charge in [-0.1, -0.05) is 37.5 Å². The summed E-state index contributed by atoms with van der Waals surface area (Å²) in [5.41, 5.74) is 1.74. The van der Waals surface area contributed by atoms with Crippen LogP contribution >= 0.6 is 0 Å². The van der Waals surface area contributed by atoms with Crippen molar-refractivity contribution >= 4 is 16.7 Å². The summed E-state index contributed by atoms with van der Waals surface area (Å²) < 4.78 is 0. The van der Waals surface area contributed by atoms with E-state index in [1.54, 1.807) is 6.20 Å². The van der Waals surface area contributed by atoms with Crippen LogP contribution in [0.2, 0.25) is 0 Å². The van der Waals surface area contributed by atoms with Crippen molar-refractivity contribution in [2.45, 2.75) is 25.7 Å². The average molecular weight is 225 g/mol. The number of carbonyl (C=O) groups is 1. The molecule has 17 heavy (non-hydrogen) atoms. The van der Waals surface area contributed by atoms with E-state index in [1.165, 1.54) is 19.3 Å². The van der Waals surface area contributed by atoms with Crippen LogP contribution in [0.5, 0.6) is 0 Å². The second-order valence-electron chi connectivity index (χ2n) is 4.80. The standard InChI is InChI=1S/C15H15NO/c17-15(10-11-4-3-5-11)13-8-9-16-14-7-2-1-6-12(13)14/h1-2,6-9,11H,3-5,10H2. The predicted molar refractivity (Wildman–Crippen MR) is 68.0 cm³/mol. The van der Waals surface area contributed by atoms with Gasteiger partial charge in [-0.25, -0.2) is 0 Å². The fourth-order valence-electron chi connectivity index (χ4n) is 2.41. The van der Waals surface area contributed by atoms with Gasteiger partial charge in [-0.05, 0) is 18.1 Å². The zero-order valence-electron chi connectivity index (χ0n) is 9.73. The number of carbonyl (C=O) groups excluding carboxylic acids is 1. The van der Waals surface area contributed by atoms with Crippen LogP contribution in [0.4, 0.5) is 0 Å². The van der Waals surface area contributed by atoms with E-state index in [9.17, 15) is 4.79 Å². The number of Topliss-reactive ketones (excluding diaryl/α,β-unsaturated/α-hetero) is 1. The Hall–Kier alpha value is -1.70. The van der Waals surface area contributed by atoms with Gasteiger partial charge in [0.25, 0.3) is 0 Å². The van der Waals surface area contributed by atoms with Crippen LogP contribution in [0, 0.1) is 5.92 Å². The Balaban J connectivity index is 1.95. The Bertz CT molecular complexity index is 552. The lowest BCUT2D eigenvalue weighted by Gasteiger charge is -2.24. The minimum absolute atomic E-state index is 0.272. The van der Waals surface area contributed by atoms with Gasteiger partial charge in [0.2, 0.25) is 0 Å². The highest BCUT2D eigenvalue weighted by Crippen LogP contribution is 2.31.